The Bertz CT molecular complexity index is 975. The summed E-state index contributed by atoms with van der Waals surface area (Å²) < 4.78 is 11.0. The van der Waals surface area contributed by atoms with Gasteiger partial charge in [0.25, 0.3) is 0 Å². The van der Waals surface area contributed by atoms with Crippen molar-refractivity contribution in [3.8, 4) is 0 Å². The van der Waals surface area contributed by atoms with Crippen LogP contribution in [0.4, 0.5) is 0 Å². The summed E-state index contributed by atoms with van der Waals surface area (Å²) in [6.45, 7) is 6.73. The van der Waals surface area contributed by atoms with Crippen molar-refractivity contribution in [2.75, 3.05) is 13.7 Å². The number of hydrogen-bond acceptors (Lipinski definition) is 6. The summed E-state index contributed by atoms with van der Waals surface area (Å²) in [4.78, 5) is 38.0. The molecule has 7 atom stereocenters. The number of ether oxygens (including phenoxy) is 2. The third kappa shape index (κ3) is 3.05. The number of hydrogen-bond donors (Lipinski definition) is 1. The monoisotopic (exact) mass is 456 g/mol. The lowest BCUT2D eigenvalue weighted by Crippen LogP contribution is -2.68. The first-order valence-electron chi connectivity index (χ1n) is 12.4. The van der Waals surface area contributed by atoms with Gasteiger partial charge in [-0.1, -0.05) is 13.3 Å². The van der Waals surface area contributed by atoms with E-state index < -0.39 is 11.0 Å². The molecule has 33 heavy (non-hydrogen) atoms. The highest BCUT2D eigenvalue weighted by atomic mass is 16.5. The van der Waals surface area contributed by atoms with Gasteiger partial charge in [0, 0.05) is 17.1 Å². The molecular weight excluding hydrogens is 420 g/mol. The molecule has 1 aliphatic heterocycles. The van der Waals surface area contributed by atoms with Crippen LogP contribution in [0.2, 0.25) is 0 Å². The van der Waals surface area contributed by atoms with Crippen LogP contribution in [0.5, 0.6) is 0 Å². The minimum absolute atomic E-state index is 0.0406. The Morgan fingerprint density at radius 2 is 1.76 bits per heavy atom. The van der Waals surface area contributed by atoms with Gasteiger partial charge in [-0.05, 0) is 88.0 Å². The first-order valence-corrected chi connectivity index (χ1v) is 12.4. The molecule has 1 saturated heterocycles. The normalized spacial score (nSPS) is 47.1. The van der Waals surface area contributed by atoms with Gasteiger partial charge < -0.3 is 14.6 Å². The standard InChI is InChI=1S/C27H36O6/c1-24-10-6-20-25(2)8-5-9-27(20,15-33-23(25)30)19(24)7-11-26(3,31)21(24)13-16-12-17(28)14-18(32-4)22(16)29/h12,14,19-21,31H,5-11,13,15H2,1-4H3/t19-,20-,21-,24+,25+,26-,27-/m0/s1. The lowest BCUT2D eigenvalue weighted by atomic mass is 9.37. The summed E-state index contributed by atoms with van der Waals surface area (Å²) in [6.07, 6.45) is 9.32. The van der Waals surface area contributed by atoms with Gasteiger partial charge in [-0.15, -0.1) is 0 Å². The smallest absolute Gasteiger partial charge is 0.312 e. The van der Waals surface area contributed by atoms with Crippen LogP contribution in [-0.4, -0.2) is 42.0 Å². The molecule has 180 valence electrons. The second-order valence-electron chi connectivity index (χ2n) is 12.0. The molecular formula is C27H36O6. The Balaban J connectivity index is 1.53. The van der Waals surface area contributed by atoms with E-state index in [2.05, 4.69) is 13.8 Å². The van der Waals surface area contributed by atoms with Crippen LogP contribution >= 0.6 is 0 Å². The quantitative estimate of drug-likeness (QED) is 0.512. The van der Waals surface area contributed by atoms with Crippen LogP contribution in [0.1, 0.15) is 72.1 Å². The summed E-state index contributed by atoms with van der Waals surface area (Å²) in [5.74, 6) is -0.0501. The minimum atomic E-state index is -0.948. The van der Waals surface area contributed by atoms with Gasteiger partial charge in [0.15, 0.2) is 11.5 Å². The molecule has 5 rings (SSSR count). The molecule has 0 unspecified atom stereocenters. The fraction of sp³-hybridized carbons (Fsp3) is 0.741. The zero-order chi connectivity index (χ0) is 23.8. The lowest BCUT2D eigenvalue weighted by molar-refractivity contribution is -0.256. The van der Waals surface area contributed by atoms with Crippen LogP contribution in [0, 0.1) is 34.0 Å². The first kappa shape index (κ1) is 22.8. The molecule has 4 aliphatic carbocycles. The molecule has 0 aromatic carbocycles. The van der Waals surface area contributed by atoms with Gasteiger partial charge in [0.05, 0.1) is 24.7 Å². The van der Waals surface area contributed by atoms with Crippen LogP contribution < -0.4 is 0 Å². The second kappa shape index (κ2) is 7.27. The van der Waals surface area contributed by atoms with Crippen molar-refractivity contribution in [1.82, 2.24) is 0 Å². The first-order chi connectivity index (χ1) is 15.5. The lowest BCUT2D eigenvalue weighted by Gasteiger charge is -2.69. The maximum Gasteiger partial charge on any atom is 0.312 e. The van der Waals surface area contributed by atoms with E-state index in [1.54, 1.807) is 0 Å². The van der Waals surface area contributed by atoms with Crippen LogP contribution in [-0.2, 0) is 23.9 Å². The molecule has 6 heteroatoms. The van der Waals surface area contributed by atoms with E-state index in [-0.39, 0.29) is 40.0 Å². The average Bonchev–Trinajstić information content (AvgIpc) is 2.75. The molecule has 3 saturated carbocycles. The van der Waals surface area contributed by atoms with Gasteiger partial charge in [0.1, 0.15) is 0 Å². The molecule has 0 amide bonds. The fourth-order valence-electron chi connectivity index (χ4n) is 8.92. The Morgan fingerprint density at radius 1 is 1.03 bits per heavy atom. The molecule has 6 nitrogen and oxygen atoms in total. The molecule has 0 aromatic heterocycles. The highest BCUT2D eigenvalue weighted by Gasteiger charge is 2.69. The number of esters is 1. The van der Waals surface area contributed by atoms with E-state index >= 15 is 0 Å². The molecule has 0 spiro atoms. The number of methoxy groups -OCH3 is 1. The Labute approximate surface area is 195 Å². The number of allylic oxidation sites excluding steroid dienone is 3. The SMILES string of the molecule is COC1=CC(=O)C=C(C[C@H]2[C@]3(C)CC[C@@H]4[C@]5(CCC[C@@]4(C)C(=O)OC5)[C@H]3CC[C@]2(C)O)C1=O. The van der Waals surface area contributed by atoms with Crippen LogP contribution in [0.15, 0.2) is 23.5 Å². The van der Waals surface area contributed by atoms with Crippen LogP contribution in [0.25, 0.3) is 0 Å². The fourth-order valence-corrected chi connectivity index (χ4v) is 8.92. The number of carbonyl (C=O) groups is 3. The van der Waals surface area contributed by atoms with E-state index in [1.807, 2.05) is 6.92 Å². The predicted molar refractivity (Wildman–Crippen MR) is 121 cm³/mol. The van der Waals surface area contributed by atoms with Crippen molar-refractivity contribution in [2.24, 2.45) is 34.0 Å². The topological polar surface area (TPSA) is 89.9 Å². The molecule has 0 aromatic rings. The van der Waals surface area contributed by atoms with E-state index in [1.165, 1.54) is 19.3 Å². The van der Waals surface area contributed by atoms with Crippen molar-refractivity contribution < 1.29 is 29.0 Å². The molecule has 2 bridgehead atoms. The number of carbonyl (C=O) groups excluding carboxylic acids is 3. The summed E-state index contributed by atoms with van der Waals surface area (Å²) in [5.41, 5.74) is -1.23. The maximum absolute atomic E-state index is 13.0. The third-order valence-corrected chi connectivity index (χ3v) is 10.4. The van der Waals surface area contributed by atoms with Crippen molar-refractivity contribution >= 4 is 17.5 Å². The molecule has 4 fully saturated rings. The number of rotatable bonds is 3. The van der Waals surface area contributed by atoms with E-state index in [0.29, 0.717) is 36.9 Å². The van der Waals surface area contributed by atoms with Crippen molar-refractivity contribution in [1.29, 1.82) is 0 Å². The average molecular weight is 457 g/mol. The largest absolute Gasteiger partial charge is 0.493 e. The number of Topliss-reactive ketones (excluding diaryl/α,β-unsaturated/α-hetero) is 1. The minimum Gasteiger partial charge on any atom is -0.493 e. The highest BCUT2D eigenvalue weighted by Crippen LogP contribution is 2.71. The van der Waals surface area contributed by atoms with E-state index in [0.717, 1.165) is 38.5 Å². The van der Waals surface area contributed by atoms with Crippen molar-refractivity contribution in [2.45, 2.75) is 77.7 Å². The summed E-state index contributed by atoms with van der Waals surface area (Å²) in [7, 11) is 1.40. The summed E-state index contributed by atoms with van der Waals surface area (Å²) >= 11 is 0. The van der Waals surface area contributed by atoms with Gasteiger partial charge in [-0.3, -0.25) is 14.4 Å². The zero-order valence-corrected chi connectivity index (χ0v) is 20.2. The molecule has 0 radical (unpaired) electrons. The number of fused-ring (bicyclic) bond motifs is 1. The van der Waals surface area contributed by atoms with Crippen molar-refractivity contribution in [3.05, 3.63) is 23.5 Å². The van der Waals surface area contributed by atoms with E-state index in [4.69, 9.17) is 9.47 Å². The van der Waals surface area contributed by atoms with Crippen LogP contribution in [0.3, 0.4) is 0 Å². The van der Waals surface area contributed by atoms with Gasteiger partial charge in [-0.2, -0.15) is 0 Å². The third-order valence-electron chi connectivity index (χ3n) is 10.4. The zero-order valence-electron chi connectivity index (χ0n) is 20.2. The maximum atomic E-state index is 13.0. The Morgan fingerprint density at radius 3 is 2.48 bits per heavy atom. The highest BCUT2D eigenvalue weighted by molar-refractivity contribution is 6.19. The van der Waals surface area contributed by atoms with Gasteiger partial charge in [-0.25, -0.2) is 0 Å². The summed E-state index contributed by atoms with van der Waals surface area (Å²) in [6, 6.07) is 0. The number of aliphatic hydroxyl groups is 1. The molecule has 1 N–H and O–H groups in total. The summed E-state index contributed by atoms with van der Waals surface area (Å²) in [5, 5.41) is 11.6. The molecule has 1 heterocycles. The van der Waals surface area contributed by atoms with Gasteiger partial charge in [0.2, 0.25) is 5.78 Å². The van der Waals surface area contributed by atoms with Gasteiger partial charge >= 0.3 is 5.97 Å². The number of ketones is 2. The second-order valence-corrected chi connectivity index (χ2v) is 12.0. The van der Waals surface area contributed by atoms with Crippen molar-refractivity contribution in [3.63, 3.8) is 0 Å². The number of cyclic esters (lactones) is 1. The van der Waals surface area contributed by atoms with E-state index in [9.17, 15) is 19.5 Å². The molecule has 5 aliphatic rings. The predicted octanol–water partition coefficient (Wildman–Crippen LogP) is 3.91. The Kier molecular flexibility index (Phi) is 5.03. The Hall–Kier alpha value is -1.95.